The van der Waals surface area contributed by atoms with Crippen LogP contribution in [0.1, 0.15) is 38.3 Å². The van der Waals surface area contributed by atoms with Crippen LogP contribution < -0.4 is 5.32 Å². The van der Waals surface area contributed by atoms with Crippen molar-refractivity contribution >= 4 is 0 Å². The van der Waals surface area contributed by atoms with Crippen molar-refractivity contribution in [3.63, 3.8) is 0 Å². The van der Waals surface area contributed by atoms with Crippen molar-refractivity contribution in [2.45, 2.75) is 50.9 Å². The van der Waals surface area contributed by atoms with Gasteiger partial charge in [0.1, 0.15) is 0 Å². The minimum Gasteiger partial charge on any atom is -0.381 e. The molecule has 1 saturated carbocycles. The van der Waals surface area contributed by atoms with E-state index in [1.54, 1.807) is 0 Å². The van der Waals surface area contributed by atoms with Gasteiger partial charge in [-0.15, -0.1) is 0 Å². The maximum atomic E-state index is 5.48. The van der Waals surface area contributed by atoms with Crippen LogP contribution in [0.2, 0.25) is 0 Å². The predicted molar refractivity (Wildman–Crippen MR) is 86.3 cm³/mol. The lowest BCUT2D eigenvalue weighted by Crippen LogP contribution is -2.60. The van der Waals surface area contributed by atoms with Crippen LogP contribution in [-0.2, 0) is 4.74 Å². The van der Waals surface area contributed by atoms with Gasteiger partial charge in [-0.25, -0.2) is 0 Å². The minimum absolute atomic E-state index is 0.471. The zero-order chi connectivity index (χ0) is 14.8. The third-order valence-corrected chi connectivity index (χ3v) is 5.24. The number of nitrogens with one attached hydrogen (secondary N) is 1. The second-order valence-corrected chi connectivity index (χ2v) is 6.86. The van der Waals surface area contributed by atoms with Gasteiger partial charge in [0.15, 0.2) is 0 Å². The third-order valence-electron chi connectivity index (χ3n) is 5.24. The highest BCUT2D eigenvalue weighted by atomic mass is 16.5. The Morgan fingerprint density at radius 1 is 1.19 bits per heavy atom. The molecule has 1 aliphatic heterocycles. The number of rotatable bonds is 4. The first kappa shape index (κ1) is 15.0. The second kappa shape index (κ2) is 6.47. The molecule has 2 atom stereocenters. The van der Waals surface area contributed by atoms with Gasteiger partial charge in [0.05, 0.1) is 6.10 Å². The first-order valence-corrected chi connectivity index (χ1v) is 8.26. The van der Waals surface area contributed by atoms with E-state index in [0.717, 1.165) is 13.1 Å². The number of benzene rings is 1. The Hall–Kier alpha value is -0.900. The molecule has 1 saturated heterocycles. The molecular weight excluding hydrogens is 260 g/mol. The molecule has 0 radical (unpaired) electrons. The lowest BCUT2D eigenvalue weighted by molar-refractivity contribution is -0.0553. The SMILES string of the molecule is COC1CC(N2CC(C(C)C)NCC2c2ccccc2)C1. The van der Waals surface area contributed by atoms with Gasteiger partial charge in [-0.05, 0) is 24.3 Å². The fourth-order valence-electron chi connectivity index (χ4n) is 3.63. The molecule has 0 bridgehead atoms. The molecule has 3 nitrogen and oxygen atoms in total. The molecule has 2 fully saturated rings. The molecule has 1 aromatic carbocycles. The number of ether oxygens (including phenoxy) is 1. The number of piperazine rings is 1. The first-order valence-electron chi connectivity index (χ1n) is 8.26. The van der Waals surface area contributed by atoms with Crippen LogP contribution in [0, 0.1) is 5.92 Å². The van der Waals surface area contributed by atoms with Gasteiger partial charge in [0.25, 0.3) is 0 Å². The van der Waals surface area contributed by atoms with E-state index < -0.39 is 0 Å². The van der Waals surface area contributed by atoms with E-state index in [-0.39, 0.29) is 0 Å². The van der Waals surface area contributed by atoms with Crippen molar-refractivity contribution in [2.24, 2.45) is 5.92 Å². The van der Waals surface area contributed by atoms with E-state index in [1.807, 2.05) is 7.11 Å². The second-order valence-electron chi connectivity index (χ2n) is 6.86. The van der Waals surface area contributed by atoms with Gasteiger partial charge in [-0.2, -0.15) is 0 Å². The van der Waals surface area contributed by atoms with E-state index in [9.17, 15) is 0 Å². The van der Waals surface area contributed by atoms with Gasteiger partial charge < -0.3 is 10.1 Å². The van der Waals surface area contributed by atoms with Crippen molar-refractivity contribution < 1.29 is 4.74 Å². The van der Waals surface area contributed by atoms with Crippen LogP contribution >= 0.6 is 0 Å². The quantitative estimate of drug-likeness (QED) is 0.922. The Kier molecular flexibility index (Phi) is 4.63. The summed E-state index contributed by atoms with van der Waals surface area (Å²) in [4.78, 5) is 2.73. The van der Waals surface area contributed by atoms with E-state index in [2.05, 4.69) is 54.4 Å². The molecule has 1 N–H and O–H groups in total. The summed E-state index contributed by atoms with van der Waals surface area (Å²) in [6.45, 7) is 6.84. The summed E-state index contributed by atoms with van der Waals surface area (Å²) in [5.41, 5.74) is 1.44. The van der Waals surface area contributed by atoms with Crippen LogP contribution in [0.15, 0.2) is 30.3 Å². The minimum atomic E-state index is 0.471. The Bertz CT molecular complexity index is 442. The molecule has 3 rings (SSSR count). The van der Waals surface area contributed by atoms with Gasteiger partial charge in [0, 0.05) is 38.3 Å². The van der Waals surface area contributed by atoms with E-state index in [1.165, 1.54) is 18.4 Å². The molecular formula is C18H28N2O. The van der Waals surface area contributed by atoms with E-state index in [4.69, 9.17) is 4.74 Å². The molecule has 1 aromatic rings. The summed E-state index contributed by atoms with van der Waals surface area (Å²) in [7, 11) is 1.84. The Morgan fingerprint density at radius 3 is 2.52 bits per heavy atom. The topological polar surface area (TPSA) is 24.5 Å². The molecule has 2 aliphatic rings. The van der Waals surface area contributed by atoms with Gasteiger partial charge in [-0.1, -0.05) is 44.2 Å². The van der Waals surface area contributed by atoms with Crippen LogP contribution in [0.25, 0.3) is 0 Å². The average molecular weight is 288 g/mol. The highest BCUT2D eigenvalue weighted by molar-refractivity contribution is 5.21. The Morgan fingerprint density at radius 2 is 1.90 bits per heavy atom. The highest BCUT2D eigenvalue weighted by Crippen LogP contribution is 2.36. The molecule has 21 heavy (non-hydrogen) atoms. The molecule has 1 aliphatic carbocycles. The third kappa shape index (κ3) is 3.15. The molecule has 0 spiro atoms. The zero-order valence-corrected chi connectivity index (χ0v) is 13.5. The summed E-state index contributed by atoms with van der Waals surface area (Å²) < 4.78 is 5.48. The smallest absolute Gasteiger partial charge is 0.0601 e. The fraction of sp³-hybridized carbons (Fsp3) is 0.667. The summed E-state index contributed by atoms with van der Waals surface area (Å²) in [6.07, 6.45) is 2.84. The molecule has 0 amide bonds. The van der Waals surface area contributed by atoms with Crippen LogP contribution in [0.5, 0.6) is 0 Å². The largest absolute Gasteiger partial charge is 0.381 e. The number of hydrogen-bond donors (Lipinski definition) is 1. The average Bonchev–Trinajstić information content (AvgIpc) is 2.47. The number of hydrogen-bond acceptors (Lipinski definition) is 3. The zero-order valence-electron chi connectivity index (χ0n) is 13.5. The van der Waals surface area contributed by atoms with Gasteiger partial charge in [-0.3, -0.25) is 4.90 Å². The predicted octanol–water partition coefficient (Wildman–Crippen LogP) is 2.83. The summed E-state index contributed by atoms with van der Waals surface area (Å²) in [6, 6.07) is 12.7. The van der Waals surface area contributed by atoms with Gasteiger partial charge in [0.2, 0.25) is 0 Å². The van der Waals surface area contributed by atoms with Crippen molar-refractivity contribution in [1.29, 1.82) is 0 Å². The summed E-state index contributed by atoms with van der Waals surface area (Å²) in [5, 5.41) is 3.75. The molecule has 3 heteroatoms. The van der Waals surface area contributed by atoms with E-state index in [0.29, 0.717) is 30.1 Å². The van der Waals surface area contributed by atoms with Crippen LogP contribution in [-0.4, -0.2) is 43.3 Å². The highest BCUT2D eigenvalue weighted by Gasteiger charge is 2.40. The fourth-order valence-corrected chi connectivity index (χ4v) is 3.63. The normalized spacial score (nSPS) is 33.9. The van der Waals surface area contributed by atoms with Crippen LogP contribution in [0.3, 0.4) is 0 Å². The van der Waals surface area contributed by atoms with Gasteiger partial charge >= 0.3 is 0 Å². The van der Waals surface area contributed by atoms with Crippen molar-refractivity contribution in [1.82, 2.24) is 10.2 Å². The van der Waals surface area contributed by atoms with Crippen molar-refractivity contribution in [3.05, 3.63) is 35.9 Å². The Balaban J connectivity index is 1.75. The molecule has 0 aromatic heterocycles. The van der Waals surface area contributed by atoms with E-state index >= 15 is 0 Å². The molecule has 116 valence electrons. The lowest BCUT2D eigenvalue weighted by atomic mass is 9.84. The summed E-state index contributed by atoms with van der Waals surface area (Å²) >= 11 is 0. The number of nitrogens with zero attached hydrogens (tertiary/aromatic N) is 1. The molecule has 2 unspecified atom stereocenters. The monoisotopic (exact) mass is 288 g/mol. The number of methoxy groups -OCH3 is 1. The lowest BCUT2D eigenvalue weighted by Gasteiger charge is -2.50. The Labute approximate surface area is 128 Å². The first-order chi connectivity index (χ1) is 10.2. The molecule has 1 heterocycles. The maximum absolute atomic E-state index is 5.48. The van der Waals surface area contributed by atoms with Crippen LogP contribution in [0.4, 0.5) is 0 Å². The van der Waals surface area contributed by atoms with Crippen molar-refractivity contribution in [2.75, 3.05) is 20.2 Å². The standard InChI is InChI=1S/C18H28N2O/c1-13(2)17-12-20(15-9-16(10-15)21-3)18(11-19-17)14-7-5-4-6-8-14/h4-8,13,15-19H,9-12H2,1-3H3. The maximum Gasteiger partial charge on any atom is 0.0601 e. The summed E-state index contributed by atoms with van der Waals surface area (Å²) in [5.74, 6) is 0.683. The van der Waals surface area contributed by atoms with Crippen molar-refractivity contribution in [3.8, 4) is 0 Å².